The van der Waals surface area contributed by atoms with Crippen LogP contribution in [0, 0.1) is 6.92 Å². The third-order valence-electron chi connectivity index (χ3n) is 2.61. The highest BCUT2D eigenvalue weighted by Crippen LogP contribution is 2.17. The van der Waals surface area contributed by atoms with Crippen LogP contribution in [0.3, 0.4) is 0 Å². The minimum Gasteiger partial charge on any atom is -0.505 e. The summed E-state index contributed by atoms with van der Waals surface area (Å²) in [5.41, 5.74) is 1.56. The van der Waals surface area contributed by atoms with Crippen LogP contribution in [-0.2, 0) is 9.53 Å². The number of esters is 1. The Hall–Kier alpha value is -1.40. The van der Waals surface area contributed by atoms with Crippen LogP contribution in [0.25, 0.3) is 5.70 Å². The highest BCUT2D eigenvalue weighted by Gasteiger charge is 2.24. The second-order valence-electron chi connectivity index (χ2n) is 4.28. The van der Waals surface area contributed by atoms with Crippen LogP contribution in [0.2, 0.25) is 0 Å². The molecule has 1 aromatic heterocycles. The number of nitrogens with zero attached hydrogens (tertiary/aromatic N) is 1. The Morgan fingerprint density at radius 1 is 1.38 bits per heavy atom. The van der Waals surface area contributed by atoms with Crippen LogP contribution >= 0.6 is 24.0 Å². The average molecular weight is 326 g/mol. The quantitative estimate of drug-likeness (QED) is 0.286. The van der Waals surface area contributed by atoms with Crippen molar-refractivity contribution >= 4 is 39.8 Å². The lowest BCUT2D eigenvalue weighted by molar-refractivity contribution is -0.577. The van der Waals surface area contributed by atoms with Crippen molar-refractivity contribution < 1.29 is 19.2 Å². The van der Waals surface area contributed by atoms with Crippen molar-refractivity contribution in [1.82, 2.24) is 0 Å². The number of aromatic nitrogens is 1. The summed E-state index contributed by atoms with van der Waals surface area (Å²) in [4.78, 5) is 11.5. The van der Waals surface area contributed by atoms with E-state index in [1.54, 1.807) is 11.5 Å². The van der Waals surface area contributed by atoms with Gasteiger partial charge >= 0.3 is 5.97 Å². The Bertz CT molecular complexity index is 538. The van der Waals surface area contributed by atoms with E-state index >= 15 is 0 Å². The number of aryl methyl sites for hydroxylation is 1. The molecule has 0 amide bonds. The standard InChI is InChI=1S/C15H19NO3S2/c1-4-19-13(18)10-12(17)14(15(20)21-5-2)16-8-6-11(3)7-9-16/h6-9H,4-5,10H2,1-3H3/p+1. The summed E-state index contributed by atoms with van der Waals surface area (Å²) < 4.78 is 7.14. The third kappa shape index (κ3) is 5.47. The number of rotatable bonds is 6. The van der Waals surface area contributed by atoms with Gasteiger partial charge in [0.1, 0.15) is 10.6 Å². The molecule has 1 aromatic rings. The molecule has 1 heterocycles. The number of hydrogen-bond acceptors (Lipinski definition) is 5. The Morgan fingerprint density at radius 2 is 2.00 bits per heavy atom. The second-order valence-corrected chi connectivity index (χ2v) is 6.22. The van der Waals surface area contributed by atoms with E-state index in [4.69, 9.17) is 17.0 Å². The fourth-order valence-corrected chi connectivity index (χ4v) is 2.85. The van der Waals surface area contributed by atoms with E-state index in [1.807, 2.05) is 38.4 Å². The van der Waals surface area contributed by atoms with E-state index in [2.05, 4.69) is 0 Å². The number of pyridine rings is 1. The van der Waals surface area contributed by atoms with Gasteiger partial charge in [-0.1, -0.05) is 19.1 Å². The number of thioether (sulfide) groups is 1. The molecule has 1 N–H and O–H groups in total. The normalized spacial score (nSPS) is 11.8. The molecular formula is C15H20NO3S2+. The zero-order valence-corrected chi connectivity index (χ0v) is 14.1. The molecule has 0 bridgehead atoms. The predicted molar refractivity (Wildman–Crippen MR) is 89.2 cm³/mol. The molecule has 0 unspecified atom stereocenters. The molecule has 6 heteroatoms. The van der Waals surface area contributed by atoms with E-state index in [-0.39, 0.29) is 18.8 Å². The number of carbonyl (C=O) groups excluding carboxylic acids is 1. The lowest BCUT2D eigenvalue weighted by Crippen LogP contribution is -2.36. The van der Waals surface area contributed by atoms with Crippen molar-refractivity contribution in [2.24, 2.45) is 0 Å². The highest BCUT2D eigenvalue weighted by molar-refractivity contribution is 8.24. The van der Waals surface area contributed by atoms with E-state index < -0.39 is 5.97 Å². The highest BCUT2D eigenvalue weighted by atomic mass is 32.2. The first kappa shape index (κ1) is 17.7. The Balaban J connectivity index is 3.14. The van der Waals surface area contributed by atoms with Crippen molar-refractivity contribution in [2.75, 3.05) is 12.4 Å². The van der Waals surface area contributed by atoms with Gasteiger partial charge in [0.15, 0.2) is 18.2 Å². The molecule has 0 aliphatic rings. The van der Waals surface area contributed by atoms with Gasteiger partial charge in [-0.25, -0.2) is 0 Å². The largest absolute Gasteiger partial charge is 0.505 e. The molecule has 114 valence electrons. The maximum absolute atomic E-state index is 11.5. The maximum Gasteiger partial charge on any atom is 0.313 e. The van der Waals surface area contributed by atoms with Crippen molar-refractivity contribution in [3.8, 4) is 0 Å². The smallest absolute Gasteiger partial charge is 0.313 e. The summed E-state index contributed by atoms with van der Waals surface area (Å²) in [7, 11) is 0. The maximum atomic E-state index is 11.5. The van der Waals surface area contributed by atoms with Crippen molar-refractivity contribution in [3.05, 3.63) is 35.8 Å². The van der Waals surface area contributed by atoms with Gasteiger partial charge in [-0.2, -0.15) is 4.57 Å². The number of thiocarbonyl (C=S) groups is 1. The Labute approximate surface area is 134 Å². The number of ether oxygens (including phenoxy) is 1. The number of hydrogen-bond donors (Lipinski definition) is 1. The average Bonchev–Trinajstić information content (AvgIpc) is 2.41. The van der Waals surface area contributed by atoms with E-state index in [9.17, 15) is 9.90 Å². The predicted octanol–water partition coefficient (Wildman–Crippen LogP) is 3.04. The topological polar surface area (TPSA) is 50.4 Å². The monoisotopic (exact) mass is 326 g/mol. The minimum atomic E-state index is -0.468. The number of aliphatic hydroxyl groups is 1. The van der Waals surface area contributed by atoms with Gasteiger partial charge in [0, 0.05) is 12.1 Å². The zero-order chi connectivity index (χ0) is 15.8. The van der Waals surface area contributed by atoms with Gasteiger partial charge in [0.2, 0.25) is 0 Å². The molecular weight excluding hydrogens is 306 g/mol. The van der Waals surface area contributed by atoms with E-state index in [1.165, 1.54) is 11.8 Å². The van der Waals surface area contributed by atoms with Crippen LogP contribution in [-0.4, -0.2) is 27.6 Å². The molecule has 0 saturated heterocycles. The SMILES string of the molecule is CCOC(=O)C/C(O)=C(/C(=S)SCC)[n+]1ccc(C)cc1. The van der Waals surface area contributed by atoms with Crippen LogP contribution < -0.4 is 4.57 Å². The Morgan fingerprint density at radius 3 is 2.52 bits per heavy atom. The fourth-order valence-electron chi connectivity index (χ4n) is 1.65. The molecule has 0 atom stereocenters. The summed E-state index contributed by atoms with van der Waals surface area (Å²) >= 11 is 6.80. The summed E-state index contributed by atoms with van der Waals surface area (Å²) in [6.45, 7) is 5.97. The van der Waals surface area contributed by atoms with Gasteiger partial charge in [-0.15, -0.1) is 11.8 Å². The molecule has 0 fully saturated rings. The molecule has 1 rings (SSSR count). The van der Waals surface area contributed by atoms with Gasteiger partial charge in [-0.05, 0) is 25.2 Å². The molecule has 0 aromatic carbocycles. The van der Waals surface area contributed by atoms with Crippen molar-refractivity contribution in [3.63, 3.8) is 0 Å². The van der Waals surface area contributed by atoms with Crippen LogP contribution in [0.15, 0.2) is 30.3 Å². The molecule has 0 aliphatic carbocycles. The van der Waals surface area contributed by atoms with E-state index in [0.717, 1.165) is 11.3 Å². The molecule has 0 radical (unpaired) electrons. The van der Waals surface area contributed by atoms with Gasteiger partial charge in [0.25, 0.3) is 5.70 Å². The van der Waals surface area contributed by atoms with Crippen LogP contribution in [0.1, 0.15) is 25.8 Å². The molecule has 0 aliphatic heterocycles. The lowest BCUT2D eigenvalue weighted by Gasteiger charge is -2.07. The summed E-state index contributed by atoms with van der Waals surface area (Å²) in [5.74, 6) is 0.249. The zero-order valence-electron chi connectivity index (χ0n) is 12.5. The van der Waals surface area contributed by atoms with Crippen molar-refractivity contribution in [1.29, 1.82) is 0 Å². The molecule has 0 spiro atoms. The lowest BCUT2D eigenvalue weighted by atomic mass is 10.2. The van der Waals surface area contributed by atoms with Crippen LogP contribution in [0.5, 0.6) is 0 Å². The summed E-state index contributed by atoms with van der Waals surface area (Å²) in [5, 5.41) is 10.3. The first-order valence-corrected chi connectivity index (χ1v) is 8.12. The molecule has 4 nitrogen and oxygen atoms in total. The van der Waals surface area contributed by atoms with Crippen molar-refractivity contribution in [2.45, 2.75) is 27.2 Å². The van der Waals surface area contributed by atoms with Crippen LogP contribution in [0.4, 0.5) is 0 Å². The Kier molecular flexibility index (Phi) is 7.39. The molecule has 0 saturated carbocycles. The third-order valence-corrected chi connectivity index (χ3v) is 3.90. The summed E-state index contributed by atoms with van der Waals surface area (Å²) in [6.07, 6.45) is 3.44. The second kappa shape index (κ2) is 8.79. The minimum absolute atomic E-state index is 0.0757. The number of carbonyl (C=O) groups is 1. The molecule has 21 heavy (non-hydrogen) atoms. The van der Waals surface area contributed by atoms with Gasteiger partial charge in [0.05, 0.1) is 6.61 Å². The van der Waals surface area contributed by atoms with Gasteiger partial charge < -0.3 is 9.84 Å². The van der Waals surface area contributed by atoms with E-state index in [0.29, 0.717) is 9.89 Å². The first-order chi connectivity index (χ1) is 9.99. The summed E-state index contributed by atoms with van der Waals surface area (Å²) in [6, 6.07) is 3.83. The number of aliphatic hydroxyl groups excluding tert-OH is 1. The fraction of sp³-hybridized carbons (Fsp3) is 0.400. The van der Waals surface area contributed by atoms with Gasteiger partial charge in [-0.3, -0.25) is 4.79 Å². The first-order valence-electron chi connectivity index (χ1n) is 6.72.